The van der Waals surface area contributed by atoms with E-state index >= 15 is 0 Å². The third-order valence-corrected chi connectivity index (χ3v) is 4.37. The summed E-state index contributed by atoms with van der Waals surface area (Å²) in [5, 5.41) is 0. The standard InChI is InChI=1S/C14H30N2/c1-11(2)15(5)13-9-7-8-10-14(13)16(6)12(3)4/h11-14H,7-10H2,1-6H3. The van der Waals surface area contributed by atoms with Gasteiger partial charge in [-0.2, -0.15) is 0 Å². The van der Waals surface area contributed by atoms with Crippen LogP contribution in [0.3, 0.4) is 0 Å². The van der Waals surface area contributed by atoms with Crippen LogP contribution in [0, 0.1) is 0 Å². The zero-order valence-corrected chi connectivity index (χ0v) is 12.0. The van der Waals surface area contributed by atoms with Crippen molar-refractivity contribution in [2.45, 2.75) is 77.5 Å². The molecule has 0 aromatic carbocycles. The molecule has 2 nitrogen and oxygen atoms in total. The highest BCUT2D eigenvalue weighted by atomic mass is 15.2. The highest BCUT2D eigenvalue weighted by molar-refractivity contribution is 4.89. The van der Waals surface area contributed by atoms with E-state index in [-0.39, 0.29) is 0 Å². The number of nitrogens with zero attached hydrogens (tertiary/aromatic N) is 2. The molecule has 2 heteroatoms. The van der Waals surface area contributed by atoms with E-state index in [1.165, 1.54) is 25.7 Å². The molecule has 2 atom stereocenters. The van der Waals surface area contributed by atoms with E-state index in [4.69, 9.17) is 0 Å². The molecule has 0 saturated heterocycles. The lowest BCUT2D eigenvalue weighted by Gasteiger charge is -2.45. The maximum absolute atomic E-state index is 2.57. The van der Waals surface area contributed by atoms with E-state index in [1.807, 2.05) is 0 Å². The Bertz CT molecular complexity index is 179. The van der Waals surface area contributed by atoms with Crippen LogP contribution in [-0.2, 0) is 0 Å². The lowest BCUT2D eigenvalue weighted by atomic mass is 9.87. The van der Waals surface area contributed by atoms with Crippen LogP contribution in [0.4, 0.5) is 0 Å². The van der Waals surface area contributed by atoms with Crippen LogP contribution in [0.2, 0.25) is 0 Å². The Kier molecular flexibility index (Phi) is 5.26. The molecular weight excluding hydrogens is 196 g/mol. The molecule has 1 aliphatic carbocycles. The third kappa shape index (κ3) is 3.21. The highest BCUT2D eigenvalue weighted by Gasteiger charge is 2.32. The average molecular weight is 226 g/mol. The van der Waals surface area contributed by atoms with E-state index in [0.29, 0.717) is 12.1 Å². The maximum Gasteiger partial charge on any atom is 0.0251 e. The molecule has 0 amide bonds. The second kappa shape index (κ2) is 6.02. The average Bonchev–Trinajstić information content (AvgIpc) is 2.26. The van der Waals surface area contributed by atoms with Crippen molar-refractivity contribution in [2.75, 3.05) is 14.1 Å². The van der Waals surface area contributed by atoms with Gasteiger partial charge < -0.3 is 0 Å². The van der Waals surface area contributed by atoms with Crippen LogP contribution in [0.25, 0.3) is 0 Å². The first-order valence-corrected chi connectivity index (χ1v) is 6.89. The fraction of sp³-hybridized carbons (Fsp3) is 1.00. The van der Waals surface area contributed by atoms with E-state index in [2.05, 4.69) is 51.6 Å². The summed E-state index contributed by atoms with van der Waals surface area (Å²) >= 11 is 0. The number of hydrogen-bond acceptors (Lipinski definition) is 2. The molecule has 2 unspecified atom stereocenters. The summed E-state index contributed by atoms with van der Waals surface area (Å²) in [6.07, 6.45) is 5.56. The van der Waals surface area contributed by atoms with Gasteiger partial charge in [0, 0.05) is 24.2 Å². The van der Waals surface area contributed by atoms with Gasteiger partial charge in [-0.05, 0) is 54.6 Å². The number of rotatable bonds is 4. The first kappa shape index (κ1) is 14.0. The molecule has 0 aromatic heterocycles. The van der Waals surface area contributed by atoms with Gasteiger partial charge in [0.25, 0.3) is 0 Å². The Labute approximate surface area is 102 Å². The number of hydrogen-bond donors (Lipinski definition) is 0. The van der Waals surface area contributed by atoms with Gasteiger partial charge in [-0.25, -0.2) is 0 Å². The minimum Gasteiger partial charge on any atom is -0.299 e. The predicted octanol–water partition coefficient (Wildman–Crippen LogP) is 2.98. The Morgan fingerprint density at radius 2 is 1.06 bits per heavy atom. The Morgan fingerprint density at radius 3 is 1.31 bits per heavy atom. The van der Waals surface area contributed by atoms with Gasteiger partial charge in [0.15, 0.2) is 0 Å². The molecule has 0 aromatic rings. The van der Waals surface area contributed by atoms with Crippen LogP contribution in [-0.4, -0.2) is 48.1 Å². The lowest BCUT2D eigenvalue weighted by molar-refractivity contribution is 0.0460. The van der Waals surface area contributed by atoms with Gasteiger partial charge >= 0.3 is 0 Å². The van der Waals surface area contributed by atoms with Crippen molar-refractivity contribution in [1.82, 2.24) is 9.80 Å². The molecule has 0 bridgehead atoms. The van der Waals surface area contributed by atoms with Gasteiger partial charge in [0.1, 0.15) is 0 Å². The van der Waals surface area contributed by atoms with Crippen LogP contribution >= 0.6 is 0 Å². The summed E-state index contributed by atoms with van der Waals surface area (Å²) < 4.78 is 0. The molecule has 1 fully saturated rings. The van der Waals surface area contributed by atoms with Gasteiger partial charge in [-0.15, -0.1) is 0 Å². The summed E-state index contributed by atoms with van der Waals surface area (Å²) in [7, 11) is 4.59. The Morgan fingerprint density at radius 1 is 0.750 bits per heavy atom. The second-order valence-corrected chi connectivity index (χ2v) is 5.94. The van der Waals surface area contributed by atoms with Crippen molar-refractivity contribution in [3.8, 4) is 0 Å². The molecule has 1 rings (SSSR count). The smallest absolute Gasteiger partial charge is 0.0251 e. The van der Waals surface area contributed by atoms with E-state index in [9.17, 15) is 0 Å². The van der Waals surface area contributed by atoms with Gasteiger partial charge in [0.05, 0.1) is 0 Å². The normalized spacial score (nSPS) is 27.4. The Hall–Kier alpha value is -0.0800. The summed E-state index contributed by atoms with van der Waals surface area (Å²) in [6, 6.07) is 2.82. The minimum absolute atomic E-state index is 0.658. The van der Waals surface area contributed by atoms with Crippen molar-refractivity contribution in [1.29, 1.82) is 0 Å². The molecular formula is C14H30N2. The second-order valence-electron chi connectivity index (χ2n) is 5.94. The molecule has 1 saturated carbocycles. The van der Waals surface area contributed by atoms with Crippen molar-refractivity contribution < 1.29 is 0 Å². The molecule has 96 valence electrons. The van der Waals surface area contributed by atoms with E-state index in [0.717, 1.165) is 12.1 Å². The third-order valence-electron chi connectivity index (χ3n) is 4.37. The molecule has 0 heterocycles. The molecule has 0 N–H and O–H groups in total. The van der Waals surface area contributed by atoms with Crippen LogP contribution in [0.1, 0.15) is 53.4 Å². The monoisotopic (exact) mass is 226 g/mol. The van der Waals surface area contributed by atoms with Gasteiger partial charge in [-0.1, -0.05) is 12.8 Å². The summed E-state index contributed by atoms with van der Waals surface area (Å²) in [6.45, 7) is 9.23. The first-order chi connectivity index (χ1) is 7.45. The largest absolute Gasteiger partial charge is 0.299 e. The molecule has 0 aliphatic heterocycles. The summed E-state index contributed by atoms with van der Waals surface area (Å²) in [5.74, 6) is 0. The minimum atomic E-state index is 0.658. The van der Waals surface area contributed by atoms with Crippen molar-refractivity contribution >= 4 is 0 Å². The summed E-state index contributed by atoms with van der Waals surface area (Å²) in [4.78, 5) is 5.14. The van der Waals surface area contributed by atoms with E-state index in [1.54, 1.807) is 0 Å². The van der Waals surface area contributed by atoms with Crippen LogP contribution < -0.4 is 0 Å². The predicted molar refractivity (Wildman–Crippen MR) is 71.8 cm³/mol. The first-order valence-electron chi connectivity index (χ1n) is 6.89. The molecule has 1 aliphatic rings. The lowest BCUT2D eigenvalue weighted by Crippen LogP contribution is -2.54. The SMILES string of the molecule is CC(C)N(C)C1CCCCC1N(C)C(C)C. The summed E-state index contributed by atoms with van der Waals surface area (Å²) in [5.41, 5.74) is 0. The number of likely N-dealkylation sites (N-methyl/N-ethyl adjacent to an activating group) is 2. The maximum atomic E-state index is 2.57. The van der Waals surface area contributed by atoms with Crippen LogP contribution in [0.15, 0.2) is 0 Å². The van der Waals surface area contributed by atoms with Crippen molar-refractivity contribution in [3.05, 3.63) is 0 Å². The van der Waals surface area contributed by atoms with Gasteiger partial charge in [0.2, 0.25) is 0 Å². The molecule has 16 heavy (non-hydrogen) atoms. The highest BCUT2D eigenvalue weighted by Crippen LogP contribution is 2.27. The van der Waals surface area contributed by atoms with Crippen molar-refractivity contribution in [2.24, 2.45) is 0 Å². The zero-order valence-electron chi connectivity index (χ0n) is 12.0. The Balaban J connectivity index is 2.70. The van der Waals surface area contributed by atoms with Crippen molar-refractivity contribution in [3.63, 3.8) is 0 Å². The quantitative estimate of drug-likeness (QED) is 0.727. The van der Waals surface area contributed by atoms with E-state index < -0.39 is 0 Å². The van der Waals surface area contributed by atoms with Crippen LogP contribution in [0.5, 0.6) is 0 Å². The molecule has 0 spiro atoms. The topological polar surface area (TPSA) is 6.48 Å². The van der Waals surface area contributed by atoms with Gasteiger partial charge in [-0.3, -0.25) is 9.80 Å². The fourth-order valence-electron chi connectivity index (χ4n) is 2.81. The zero-order chi connectivity index (χ0) is 12.3. The fourth-order valence-corrected chi connectivity index (χ4v) is 2.81. The molecule has 0 radical (unpaired) electrons.